The predicted molar refractivity (Wildman–Crippen MR) is 63.4 cm³/mol. The summed E-state index contributed by atoms with van der Waals surface area (Å²) in [5.74, 6) is 0.479. The molecule has 0 aromatic carbocycles. The number of nitrogens with two attached hydrogens (primary N) is 1. The highest BCUT2D eigenvalue weighted by molar-refractivity contribution is 5.13. The van der Waals surface area contributed by atoms with E-state index >= 15 is 0 Å². The van der Waals surface area contributed by atoms with Crippen LogP contribution in [0.2, 0.25) is 0 Å². The zero-order valence-corrected chi connectivity index (χ0v) is 9.54. The van der Waals surface area contributed by atoms with Crippen molar-refractivity contribution in [2.24, 2.45) is 5.73 Å². The zero-order chi connectivity index (χ0) is 11.4. The summed E-state index contributed by atoms with van der Waals surface area (Å²) in [6.45, 7) is 0.560. The van der Waals surface area contributed by atoms with Crippen molar-refractivity contribution in [2.75, 3.05) is 6.54 Å². The molecule has 0 saturated heterocycles. The van der Waals surface area contributed by atoms with Crippen molar-refractivity contribution in [3.63, 3.8) is 0 Å². The lowest BCUT2D eigenvalue weighted by atomic mass is 9.86. The van der Waals surface area contributed by atoms with Crippen LogP contribution in [0.3, 0.4) is 0 Å². The summed E-state index contributed by atoms with van der Waals surface area (Å²) >= 11 is 0. The quantitative estimate of drug-likeness (QED) is 0.808. The molecule has 1 aliphatic rings. The Morgan fingerprint density at radius 1 is 1.38 bits per heavy atom. The van der Waals surface area contributed by atoms with Crippen LogP contribution in [0.5, 0.6) is 0 Å². The van der Waals surface area contributed by atoms with Crippen LogP contribution in [0.15, 0.2) is 10.9 Å². The summed E-state index contributed by atoms with van der Waals surface area (Å²) < 4.78 is 0. The van der Waals surface area contributed by atoms with Gasteiger partial charge in [0.25, 0.3) is 0 Å². The van der Waals surface area contributed by atoms with Crippen molar-refractivity contribution in [1.29, 1.82) is 0 Å². The number of nitrogens with one attached hydrogen (secondary N) is 1. The Hall–Kier alpha value is -1.16. The Bertz CT molecular complexity index is 393. The molecule has 0 unspecified atom stereocenters. The number of aromatic amines is 1. The highest BCUT2D eigenvalue weighted by Crippen LogP contribution is 2.31. The standard InChI is InChI=1S/C12H19N3O/c13-7-6-10-8-11(15-12(16)14-10)9-4-2-1-3-5-9/h8-9H,1-7,13H2,(H,14,15,16). The van der Waals surface area contributed by atoms with Gasteiger partial charge in [-0.3, -0.25) is 0 Å². The summed E-state index contributed by atoms with van der Waals surface area (Å²) in [6, 6.07) is 2.02. The molecule has 4 nitrogen and oxygen atoms in total. The fraction of sp³-hybridized carbons (Fsp3) is 0.667. The van der Waals surface area contributed by atoms with Crippen molar-refractivity contribution in [2.45, 2.75) is 44.4 Å². The zero-order valence-electron chi connectivity index (χ0n) is 9.54. The van der Waals surface area contributed by atoms with Crippen molar-refractivity contribution in [3.05, 3.63) is 27.9 Å². The largest absolute Gasteiger partial charge is 0.345 e. The first-order valence-corrected chi connectivity index (χ1v) is 6.10. The van der Waals surface area contributed by atoms with E-state index in [-0.39, 0.29) is 5.69 Å². The van der Waals surface area contributed by atoms with Crippen molar-refractivity contribution < 1.29 is 0 Å². The molecule has 88 valence electrons. The van der Waals surface area contributed by atoms with E-state index < -0.39 is 0 Å². The minimum absolute atomic E-state index is 0.230. The van der Waals surface area contributed by atoms with Gasteiger partial charge in [0, 0.05) is 11.6 Å². The maximum atomic E-state index is 11.4. The third-order valence-electron chi connectivity index (χ3n) is 3.26. The molecule has 0 radical (unpaired) electrons. The molecular formula is C12H19N3O. The second-order valence-corrected chi connectivity index (χ2v) is 4.51. The molecule has 1 aliphatic carbocycles. The molecule has 16 heavy (non-hydrogen) atoms. The number of H-pyrrole nitrogens is 1. The van der Waals surface area contributed by atoms with Crippen LogP contribution in [0.4, 0.5) is 0 Å². The average molecular weight is 221 g/mol. The number of hydrogen-bond acceptors (Lipinski definition) is 3. The molecule has 1 heterocycles. The van der Waals surface area contributed by atoms with Gasteiger partial charge in [0.2, 0.25) is 0 Å². The second-order valence-electron chi connectivity index (χ2n) is 4.51. The van der Waals surface area contributed by atoms with Gasteiger partial charge < -0.3 is 10.7 Å². The van der Waals surface area contributed by atoms with Crippen molar-refractivity contribution in [3.8, 4) is 0 Å². The van der Waals surface area contributed by atoms with Gasteiger partial charge in [-0.05, 0) is 31.9 Å². The van der Waals surface area contributed by atoms with Crippen LogP contribution >= 0.6 is 0 Å². The molecule has 2 rings (SSSR count). The van der Waals surface area contributed by atoms with E-state index in [1.54, 1.807) is 0 Å². The summed E-state index contributed by atoms with van der Waals surface area (Å²) in [4.78, 5) is 18.2. The van der Waals surface area contributed by atoms with E-state index in [2.05, 4.69) is 9.97 Å². The molecule has 1 saturated carbocycles. The Morgan fingerprint density at radius 3 is 2.81 bits per heavy atom. The Kier molecular flexibility index (Phi) is 3.72. The van der Waals surface area contributed by atoms with Gasteiger partial charge in [-0.25, -0.2) is 4.79 Å². The lowest BCUT2D eigenvalue weighted by Crippen LogP contribution is -2.19. The average Bonchev–Trinajstić information content (AvgIpc) is 2.30. The van der Waals surface area contributed by atoms with E-state index in [1.807, 2.05) is 6.07 Å². The first kappa shape index (κ1) is 11.3. The van der Waals surface area contributed by atoms with E-state index in [0.29, 0.717) is 12.5 Å². The normalized spacial score (nSPS) is 17.6. The van der Waals surface area contributed by atoms with Crippen LogP contribution in [-0.4, -0.2) is 16.5 Å². The molecular weight excluding hydrogens is 202 g/mol. The summed E-state index contributed by atoms with van der Waals surface area (Å²) in [6.07, 6.45) is 6.88. The fourth-order valence-corrected chi connectivity index (χ4v) is 2.43. The number of rotatable bonds is 3. The maximum Gasteiger partial charge on any atom is 0.345 e. The lowest BCUT2D eigenvalue weighted by molar-refractivity contribution is 0.435. The third-order valence-corrected chi connectivity index (χ3v) is 3.26. The van der Waals surface area contributed by atoms with Gasteiger partial charge in [0.05, 0.1) is 5.69 Å². The molecule has 1 aromatic heterocycles. The third kappa shape index (κ3) is 2.70. The Labute approximate surface area is 95.3 Å². The van der Waals surface area contributed by atoms with E-state index in [9.17, 15) is 4.79 Å². The minimum atomic E-state index is -0.230. The SMILES string of the molecule is NCCc1cc(C2CCCCC2)nc(=O)[nH]1. The summed E-state index contributed by atoms with van der Waals surface area (Å²) in [5.41, 5.74) is 7.15. The molecule has 1 aromatic rings. The summed E-state index contributed by atoms with van der Waals surface area (Å²) in [5, 5.41) is 0. The molecule has 0 spiro atoms. The van der Waals surface area contributed by atoms with Crippen LogP contribution < -0.4 is 11.4 Å². The van der Waals surface area contributed by atoms with Gasteiger partial charge in [-0.1, -0.05) is 19.3 Å². The molecule has 0 amide bonds. The molecule has 4 heteroatoms. The fourth-order valence-electron chi connectivity index (χ4n) is 2.43. The lowest BCUT2D eigenvalue weighted by Gasteiger charge is -2.20. The first-order chi connectivity index (χ1) is 7.79. The first-order valence-electron chi connectivity index (χ1n) is 6.10. The maximum absolute atomic E-state index is 11.4. The molecule has 0 bridgehead atoms. The van der Waals surface area contributed by atoms with Crippen molar-refractivity contribution in [1.82, 2.24) is 9.97 Å². The van der Waals surface area contributed by atoms with E-state index in [1.165, 1.54) is 32.1 Å². The van der Waals surface area contributed by atoms with E-state index in [4.69, 9.17) is 5.73 Å². The van der Waals surface area contributed by atoms with Gasteiger partial charge in [-0.2, -0.15) is 4.98 Å². The van der Waals surface area contributed by atoms with E-state index in [0.717, 1.165) is 17.8 Å². The Morgan fingerprint density at radius 2 is 2.12 bits per heavy atom. The van der Waals surface area contributed by atoms with Crippen LogP contribution in [0.1, 0.15) is 49.4 Å². The minimum Gasteiger partial charge on any atom is -0.330 e. The molecule has 0 atom stereocenters. The smallest absolute Gasteiger partial charge is 0.330 e. The number of nitrogens with zero attached hydrogens (tertiary/aromatic N) is 1. The predicted octanol–water partition coefficient (Wildman–Crippen LogP) is 1.32. The highest BCUT2D eigenvalue weighted by atomic mass is 16.1. The van der Waals surface area contributed by atoms with Gasteiger partial charge in [0.1, 0.15) is 0 Å². The number of aromatic nitrogens is 2. The number of hydrogen-bond donors (Lipinski definition) is 2. The van der Waals surface area contributed by atoms with Crippen LogP contribution in [0, 0.1) is 0 Å². The van der Waals surface area contributed by atoms with Gasteiger partial charge in [-0.15, -0.1) is 0 Å². The van der Waals surface area contributed by atoms with Gasteiger partial charge in [0.15, 0.2) is 0 Å². The molecule has 0 aliphatic heterocycles. The Balaban J connectivity index is 2.21. The monoisotopic (exact) mass is 221 g/mol. The highest BCUT2D eigenvalue weighted by Gasteiger charge is 2.17. The van der Waals surface area contributed by atoms with Crippen LogP contribution in [-0.2, 0) is 6.42 Å². The topological polar surface area (TPSA) is 71.8 Å². The van der Waals surface area contributed by atoms with Crippen LogP contribution in [0.25, 0.3) is 0 Å². The summed E-state index contributed by atoms with van der Waals surface area (Å²) in [7, 11) is 0. The molecule has 3 N–H and O–H groups in total. The van der Waals surface area contributed by atoms with Crippen molar-refractivity contribution >= 4 is 0 Å². The second kappa shape index (κ2) is 5.25. The molecule has 1 fully saturated rings. The van der Waals surface area contributed by atoms with Gasteiger partial charge >= 0.3 is 5.69 Å².